The third-order valence-corrected chi connectivity index (χ3v) is 3.96. The average molecular weight is 361 g/mol. The van der Waals surface area contributed by atoms with Crippen molar-refractivity contribution >= 4 is 34.5 Å². The number of rotatable bonds is 3. The molecule has 0 saturated heterocycles. The van der Waals surface area contributed by atoms with Gasteiger partial charge in [0.25, 0.3) is 5.91 Å². The van der Waals surface area contributed by atoms with Crippen molar-refractivity contribution in [2.24, 2.45) is 0 Å². The summed E-state index contributed by atoms with van der Waals surface area (Å²) >= 11 is 2.08. The maximum atomic E-state index is 12.3. The van der Waals surface area contributed by atoms with Crippen LogP contribution in [0.2, 0.25) is 0 Å². The molecule has 0 aromatic heterocycles. The van der Waals surface area contributed by atoms with Gasteiger partial charge in [-0.1, -0.05) is 11.6 Å². The fourth-order valence-corrected chi connectivity index (χ4v) is 1.95. The predicted molar refractivity (Wildman–Crippen MR) is 77.7 cm³/mol. The summed E-state index contributed by atoms with van der Waals surface area (Å²) in [6, 6.07) is 5.55. The first-order valence-corrected chi connectivity index (χ1v) is 6.53. The molecule has 4 nitrogen and oxygen atoms in total. The van der Waals surface area contributed by atoms with Gasteiger partial charge in [-0.3, -0.25) is 4.79 Å². The lowest BCUT2D eigenvalue weighted by Crippen LogP contribution is -2.50. The first-order chi connectivity index (χ1) is 8.17. The van der Waals surface area contributed by atoms with Crippen molar-refractivity contribution in [3.05, 3.63) is 32.9 Å². The minimum Gasteiger partial charge on any atom is -0.480 e. The third kappa shape index (κ3) is 2.82. The second kappa shape index (κ2) is 5.26. The van der Waals surface area contributed by atoms with Crippen molar-refractivity contribution in [3.8, 4) is 0 Å². The van der Waals surface area contributed by atoms with Crippen LogP contribution in [0.4, 0.5) is 0 Å². The monoisotopic (exact) mass is 361 g/mol. The van der Waals surface area contributed by atoms with Crippen molar-refractivity contribution < 1.29 is 14.7 Å². The molecule has 0 aliphatic heterocycles. The normalized spacial score (nSPS) is 11.2. The number of halogens is 1. The lowest BCUT2D eigenvalue weighted by molar-refractivity contribution is -0.147. The smallest absolute Gasteiger partial charge is 0.329 e. The van der Waals surface area contributed by atoms with Gasteiger partial charge in [-0.25, -0.2) is 4.79 Å². The fraction of sp³-hybridized carbons (Fsp3) is 0.385. The summed E-state index contributed by atoms with van der Waals surface area (Å²) in [5.74, 6) is -1.31. The van der Waals surface area contributed by atoms with Gasteiger partial charge in [0.2, 0.25) is 0 Å². The molecule has 5 heteroatoms. The van der Waals surface area contributed by atoms with Gasteiger partial charge in [0, 0.05) is 10.6 Å². The highest BCUT2D eigenvalue weighted by Crippen LogP contribution is 2.20. The van der Waals surface area contributed by atoms with Crippen LogP contribution in [0.15, 0.2) is 18.2 Å². The lowest BCUT2D eigenvalue weighted by Gasteiger charge is -2.31. The standard InChI is InChI=1S/C13H16INO3/c1-8-5-6-10(14)9(7-8)11(16)15(4)13(2,3)12(17)18/h5-7H,1-4H3,(H,17,18). The summed E-state index contributed by atoms with van der Waals surface area (Å²) in [5, 5.41) is 9.14. The van der Waals surface area contributed by atoms with E-state index < -0.39 is 11.5 Å². The molecular formula is C13H16INO3. The van der Waals surface area contributed by atoms with Crippen LogP contribution >= 0.6 is 22.6 Å². The Hall–Kier alpha value is -1.11. The molecule has 0 aliphatic rings. The van der Waals surface area contributed by atoms with Crippen LogP contribution < -0.4 is 0 Å². The van der Waals surface area contributed by atoms with E-state index in [-0.39, 0.29) is 5.91 Å². The van der Waals surface area contributed by atoms with E-state index >= 15 is 0 Å². The number of benzene rings is 1. The average Bonchev–Trinajstić information content (AvgIpc) is 2.30. The van der Waals surface area contributed by atoms with E-state index in [1.165, 1.54) is 25.8 Å². The number of aliphatic carboxylic acids is 1. The minimum atomic E-state index is -1.23. The molecule has 1 aromatic rings. The Balaban J connectivity index is 3.15. The minimum absolute atomic E-state index is 0.282. The van der Waals surface area contributed by atoms with Crippen molar-refractivity contribution in [2.45, 2.75) is 26.3 Å². The number of carbonyl (C=O) groups is 2. The zero-order valence-corrected chi connectivity index (χ0v) is 13.0. The maximum absolute atomic E-state index is 12.3. The highest BCUT2D eigenvalue weighted by atomic mass is 127. The molecule has 18 heavy (non-hydrogen) atoms. The molecule has 0 aliphatic carbocycles. The van der Waals surface area contributed by atoms with Crippen molar-refractivity contribution in [1.82, 2.24) is 4.90 Å². The molecule has 0 atom stereocenters. The van der Waals surface area contributed by atoms with Crippen LogP contribution in [0.1, 0.15) is 29.8 Å². The van der Waals surface area contributed by atoms with E-state index in [1.807, 2.05) is 19.1 Å². The Kier molecular flexibility index (Phi) is 4.37. The molecule has 0 unspecified atom stereocenters. The first-order valence-electron chi connectivity index (χ1n) is 5.45. The molecule has 0 fully saturated rings. The van der Waals surface area contributed by atoms with Crippen LogP contribution in [0.5, 0.6) is 0 Å². The molecule has 0 bridgehead atoms. The Morgan fingerprint density at radius 3 is 2.39 bits per heavy atom. The zero-order chi connectivity index (χ0) is 14.1. The highest BCUT2D eigenvalue weighted by molar-refractivity contribution is 14.1. The second-order valence-electron chi connectivity index (χ2n) is 4.71. The van der Waals surface area contributed by atoms with E-state index in [1.54, 1.807) is 6.07 Å². The van der Waals surface area contributed by atoms with Gasteiger partial charge in [0.1, 0.15) is 5.54 Å². The second-order valence-corrected chi connectivity index (χ2v) is 5.87. The summed E-state index contributed by atoms with van der Waals surface area (Å²) in [6.45, 7) is 4.92. The van der Waals surface area contributed by atoms with Crippen molar-refractivity contribution in [3.63, 3.8) is 0 Å². The molecule has 1 aromatic carbocycles. The number of nitrogens with zero attached hydrogens (tertiary/aromatic N) is 1. The van der Waals surface area contributed by atoms with E-state index in [0.717, 1.165) is 9.13 Å². The summed E-state index contributed by atoms with van der Waals surface area (Å²) in [4.78, 5) is 24.7. The third-order valence-electron chi connectivity index (χ3n) is 3.02. The largest absolute Gasteiger partial charge is 0.480 e. The fourth-order valence-electron chi connectivity index (χ4n) is 1.38. The van der Waals surface area contributed by atoms with Gasteiger partial charge in [0.05, 0.1) is 5.56 Å². The van der Waals surface area contributed by atoms with Gasteiger partial charge >= 0.3 is 5.97 Å². The number of hydrogen-bond donors (Lipinski definition) is 1. The lowest BCUT2D eigenvalue weighted by atomic mass is 10.0. The van der Waals surface area contributed by atoms with Crippen molar-refractivity contribution in [1.29, 1.82) is 0 Å². The SMILES string of the molecule is Cc1ccc(I)c(C(=O)N(C)C(C)(C)C(=O)O)c1. The van der Waals surface area contributed by atoms with Gasteiger partial charge < -0.3 is 10.0 Å². The predicted octanol–water partition coefficient (Wildman–Crippen LogP) is 2.53. The van der Waals surface area contributed by atoms with E-state index in [4.69, 9.17) is 5.11 Å². The maximum Gasteiger partial charge on any atom is 0.329 e. The van der Waals surface area contributed by atoms with Gasteiger partial charge in [-0.15, -0.1) is 0 Å². The number of carboxylic acid groups (broad SMARTS) is 1. The van der Waals surface area contributed by atoms with Crippen LogP contribution in [0.25, 0.3) is 0 Å². The highest BCUT2D eigenvalue weighted by Gasteiger charge is 2.36. The number of hydrogen-bond acceptors (Lipinski definition) is 2. The van der Waals surface area contributed by atoms with Gasteiger partial charge in [-0.05, 0) is 55.5 Å². The van der Waals surface area contributed by atoms with Crippen molar-refractivity contribution in [2.75, 3.05) is 7.05 Å². The van der Waals surface area contributed by atoms with Crippen LogP contribution in [0, 0.1) is 10.5 Å². The Morgan fingerprint density at radius 2 is 1.89 bits per heavy atom. The van der Waals surface area contributed by atoms with E-state index in [2.05, 4.69) is 22.6 Å². The number of amides is 1. The first kappa shape index (κ1) is 14.9. The number of carbonyl (C=O) groups excluding carboxylic acids is 1. The van der Waals surface area contributed by atoms with Crippen LogP contribution in [-0.2, 0) is 4.79 Å². The Morgan fingerprint density at radius 1 is 1.33 bits per heavy atom. The molecular weight excluding hydrogens is 345 g/mol. The molecule has 1 N–H and O–H groups in total. The Labute approximate surface area is 120 Å². The molecule has 0 saturated carbocycles. The molecule has 0 spiro atoms. The number of carboxylic acids is 1. The number of likely N-dealkylation sites (N-methyl/N-ethyl adjacent to an activating group) is 1. The van der Waals surface area contributed by atoms with Gasteiger partial charge in [-0.2, -0.15) is 0 Å². The quantitative estimate of drug-likeness (QED) is 0.842. The topological polar surface area (TPSA) is 57.6 Å². The number of aryl methyl sites for hydroxylation is 1. The summed E-state index contributed by atoms with van der Waals surface area (Å²) in [6.07, 6.45) is 0. The molecule has 1 amide bonds. The van der Waals surface area contributed by atoms with Crippen LogP contribution in [-0.4, -0.2) is 34.5 Å². The molecule has 98 valence electrons. The van der Waals surface area contributed by atoms with Gasteiger partial charge in [0.15, 0.2) is 0 Å². The van der Waals surface area contributed by atoms with Crippen LogP contribution in [0.3, 0.4) is 0 Å². The molecule has 0 radical (unpaired) electrons. The zero-order valence-electron chi connectivity index (χ0n) is 10.8. The van der Waals surface area contributed by atoms with E-state index in [9.17, 15) is 9.59 Å². The summed E-state index contributed by atoms with van der Waals surface area (Å²) in [5.41, 5.74) is 0.275. The summed E-state index contributed by atoms with van der Waals surface area (Å²) < 4.78 is 0.816. The van der Waals surface area contributed by atoms with E-state index in [0.29, 0.717) is 5.56 Å². The summed E-state index contributed by atoms with van der Waals surface area (Å²) in [7, 11) is 1.51. The molecule has 0 heterocycles. The molecule has 1 rings (SSSR count). The Bertz CT molecular complexity index is 497.